The molecule has 4 heteroatoms. The molecule has 112 valence electrons. The molecule has 0 fully saturated rings. The first-order chi connectivity index (χ1) is 10.1. The van der Waals surface area contributed by atoms with Crippen molar-refractivity contribution in [3.63, 3.8) is 0 Å². The van der Waals surface area contributed by atoms with E-state index in [1.54, 1.807) is 0 Å². The minimum atomic E-state index is 0.496. The van der Waals surface area contributed by atoms with Crippen LogP contribution in [0.3, 0.4) is 0 Å². The van der Waals surface area contributed by atoms with Crippen molar-refractivity contribution in [2.24, 2.45) is 0 Å². The van der Waals surface area contributed by atoms with Gasteiger partial charge >= 0.3 is 0 Å². The lowest BCUT2D eigenvalue weighted by Crippen LogP contribution is -2.22. The topological polar surface area (TPSA) is 41.0 Å². The van der Waals surface area contributed by atoms with Crippen LogP contribution in [-0.4, -0.2) is 28.0 Å². The van der Waals surface area contributed by atoms with Crippen LogP contribution in [0.4, 0.5) is 0 Å². The van der Waals surface area contributed by atoms with E-state index in [1.807, 2.05) is 30.7 Å². The Morgan fingerprint density at radius 2 is 1.81 bits per heavy atom. The highest BCUT2D eigenvalue weighted by molar-refractivity contribution is 5.14. The molecule has 0 amide bonds. The molecule has 2 aromatic rings. The fourth-order valence-electron chi connectivity index (χ4n) is 2.11. The van der Waals surface area contributed by atoms with E-state index in [9.17, 15) is 0 Å². The molecule has 2 heterocycles. The predicted octanol–water partition coefficient (Wildman–Crippen LogP) is 2.61. The average Bonchev–Trinajstić information content (AvgIpc) is 2.47. The molecule has 0 bridgehead atoms. The second-order valence-corrected chi connectivity index (χ2v) is 5.72. The number of hydrogen-bond acceptors (Lipinski definition) is 4. The summed E-state index contributed by atoms with van der Waals surface area (Å²) in [5.41, 5.74) is 3.59. The van der Waals surface area contributed by atoms with Crippen molar-refractivity contribution in [2.45, 2.75) is 39.5 Å². The standard InChI is InChI=1S/C17H24N4/c1-14(2)19-10-16-4-5-17(20-11-16)13-21(3)12-15-6-8-18-9-7-15/h4-9,11,14,19H,10,12-13H2,1-3H3. The molecule has 0 atom stereocenters. The van der Waals surface area contributed by atoms with Crippen LogP contribution in [0.5, 0.6) is 0 Å². The van der Waals surface area contributed by atoms with E-state index >= 15 is 0 Å². The van der Waals surface area contributed by atoms with E-state index in [0.29, 0.717) is 6.04 Å². The Morgan fingerprint density at radius 1 is 1.05 bits per heavy atom. The van der Waals surface area contributed by atoms with E-state index in [1.165, 1.54) is 11.1 Å². The van der Waals surface area contributed by atoms with Crippen LogP contribution in [-0.2, 0) is 19.6 Å². The molecule has 0 aliphatic rings. The van der Waals surface area contributed by atoms with Crippen LogP contribution in [0, 0.1) is 0 Å². The van der Waals surface area contributed by atoms with Crippen molar-refractivity contribution in [1.29, 1.82) is 0 Å². The Morgan fingerprint density at radius 3 is 2.43 bits per heavy atom. The fourth-order valence-corrected chi connectivity index (χ4v) is 2.11. The van der Waals surface area contributed by atoms with Crippen molar-refractivity contribution in [3.8, 4) is 0 Å². The Bertz CT molecular complexity index is 522. The highest BCUT2D eigenvalue weighted by atomic mass is 15.1. The summed E-state index contributed by atoms with van der Waals surface area (Å²) in [5.74, 6) is 0. The molecule has 0 aliphatic carbocycles. The van der Waals surface area contributed by atoms with E-state index in [2.05, 4.69) is 53.2 Å². The molecule has 2 aromatic heterocycles. The lowest BCUT2D eigenvalue weighted by molar-refractivity contribution is 0.315. The van der Waals surface area contributed by atoms with Gasteiger partial charge in [0.1, 0.15) is 0 Å². The average molecular weight is 284 g/mol. The van der Waals surface area contributed by atoms with E-state index in [0.717, 1.165) is 25.3 Å². The molecule has 2 rings (SSSR count). The summed E-state index contributed by atoms with van der Waals surface area (Å²) in [4.78, 5) is 10.8. The van der Waals surface area contributed by atoms with Crippen LogP contribution in [0.1, 0.15) is 30.7 Å². The van der Waals surface area contributed by atoms with Crippen LogP contribution in [0.2, 0.25) is 0 Å². The van der Waals surface area contributed by atoms with Crippen molar-refractivity contribution < 1.29 is 0 Å². The lowest BCUT2D eigenvalue weighted by atomic mass is 10.2. The van der Waals surface area contributed by atoms with Gasteiger partial charge in [-0.25, -0.2) is 0 Å². The predicted molar refractivity (Wildman–Crippen MR) is 85.6 cm³/mol. The molecule has 0 aliphatic heterocycles. The number of hydrogen-bond donors (Lipinski definition) is 1. The molecule has 1 N–H and O–H groups in total. The second-order valence-electron chi connectivity index (χ2n) is 5.72. The first-order valence-corrected chi connectivity index (χ1v) is 7.38. The van der Waals surface area contributed by atoms with Gasteiger partial charge in [0.2, 0.25) is 0 Å². The van der Waals surface area contributed by atoms with Crippen LogP contribution < -0.4 is 5.32 Å². The molecular formula is C17H24N4. The summed E-state index contributed by atoms with van der Waals surface area (Å²) < 4.78 is 0. The molecule has 0 radical (unpaired) electrons. The molecule has 4 nitrogen and oxygen atoms in total. The van der Waals surface area contributed by atoms with Crippen molar-refractivity contribution in [2.75, 3.05) is 7.05 Å². The summed E-state index contributed by atoms with van der Waals surface area (Å²) >= 11 is 0. The van der Waals surface area contributed by atoms with Crippen molar-refractivity contribution in [3.05, 3.63) is 59.7 Å². The zero-order valence-electron chi connectivity index (χ0n) is 13.1. The van der Waals surface area contributed by atoms with E-state index < -0.39 is 0 Å². The number of rotatable bonds is 7. The number of aromatic nitrogens is 2. The normalized spacial score (nSPS) is 11.3. The van der Waals surface area contributed by atoms with E-state index in [4.69, 9.17) is 0 Å². The number of nitrogens with one attached hydrogen (secondary N) is 1. The van der Waals surface area contributed by atoms with Gasteiger partial charge in [0.15, 0.2) is 0 Å². The Hall–Kier alpha value is -1.78. The number of nitrogens with zero attached hydrogens (tertiary/aromatic N) is 3. The fraction of sp³-hybridized carbons (Fsp3) is 0.412. The molecule has 21 heavy (non-hydrogen) atoms. The third-order valence-electron chi connectivity index (χ3n) is 3.23. The second kappa shape index (κ2) is 7.86. The minimum absolute atomic E-state index is 0.496. The molecule has 0 spiro atoms. The summed E-state index contributed by atoms with van der Waals surface area (Å²) in [6.07, 6.45) is 5.63. The van der Waals surface area contributed by atoms with Gasteiger partial charge in [-0.05, 0) is 36.4 Å². The van der Waals surface area contributed by atoms with Gasteiger partial charge in [-0.3, -0.25) is 14.9 Å². The molecular weight excluding hydrogens is 260 g/mol. The molecule has 0 saturated carbocycles. The molecule has 0 aromatic carbocycles. The monoisotopic (exact) mass is 284 g/mol. The first kappa shape index (κ1) is 15.6. The lowest BCUT2D eigenvalue weighted by Gasteiger charge is -2.16. The number of pyridine rings is 2. The van der Waals surface area contributed by atoms with Gasteiger partial charge in [0, 0.05) is 44.3 Å². The summed E-state index contributed by atoms with van der Waals surface area (Å²) in [6.45, 7) is 6.92. The van der Waals surface area contributed by atoms with Crippen LogP contribution in [0.25, 0.3) is 0 Å². The maximum atomic E-state index is 4.54. The maximum absolute atomic E-state index is 4.54. The Kier molecular flexibility index (Phi) is 5.84. The van der Waals surface area contributed by atoms with Crippen LogP contribution in [0.15, 0.2) is 42.9 Å². The van der Waals surface area contributed by atoms with Gasteiger partial charge in [-0.2, -0.15) is 0 Å². The van der Waals surface area contributed by atoms with Gasteiger partial charge in [0.05, 0.1) is 5.69 Å². The quantitative estimate of drug-likeness (QED) is 0.848. The maximum Gasteiger partial charge on any atom is 0.0544 e. The van der Waals surface area contributed by atoms with Crippen LogP contribution >= 0.6 is 0 Å². The summed E-state index contributed by atoms with van der Waals surface area (Å²) in [5, 5.41) is 3.40. The largest absolute Gasteiger partial charge is 0.310 e. The highest BCUT2D eigenvalue weighted by Crippen LogP contribution is 2.07. The Balaban J connectivity index is 1.85. The summed E-state index contributed by atoms with van der Waals surface area (Å²) in [7, 11) is 2.11. The van der Waals surface area contributed by atoms with Gasteiger partial charge < -0.3 is 5.32 Å². The third kappa shape index (κ3) is 5.61. The molecule has 0 unspecified atom stereocenters. The Labute approximate surface area is 127 Å². The van der Waals surface area contributed by atoms with E-state index in [-0.39, 0.29) is 0 Å². The smallest absolute Gasteiger partial charge is 0.0544 e. The van der Waals surface area contributed by atoms with Crippen molar-refractivity contribution >= 4 is 0 Å². The third-order valence-corrected chi connectivity index (χ3v) is 3.23. The SMILES string of the molecule is CC(C)NCc1ccc(CN(C)Cc2ccncc2)nc1. The summed E-state index contributed by atoms with van der Waals surface area (Å²) in [6, 6.07) is 8.85. The minimum Gasteiger partial charge on any atom is -0.310 e. The highest BCUT2D eigenvalue weighted by Gasteiger charge is 2.03. The zero-order valence-corrected chi connectivity index (χ0v) is 13.1. The van der Waals surface area contributed by atoms with Gasteiger partial charge in [-0.15, -0.1) is 0 Å². The molecule has 0 saturated heterocycles. The first-order valence-electron chi connectivity index (χ1n) is 7.38. The van der Waals surface area contributed by atoms with Gasteiger partial charge in [0.25, 0.3) is 0 Å². The van der Waals surface area contributed by atoms with Crippen molar-refractivity contribution in [1.82, 2.24) is 20.2 Å². The van der Waals surface area contributed by atoms with Gasteiger partial charge in [-0.1, -0.05) is 19.9 Å². The zero-order chi connectivity index (χ0) is 15.1.